The number of amides is 1. The van der Waals surface area contributed by atoms with E-state index in [2.05, 4.69) is 10.3 Å². The zero-order chi connectivity index (χ0) is 16.9. The van der Waals surface area contributed by atoms with E-state index in [4.69, 9.17) is 10.5 Å². The van der Waals surface area contributed by atoms with Crippen molar-refractivity contribution < 1.29 is 13.9 Å². The molecular weight excluding hydrogens is 297 g/mol. The average Bonchev–Trinajstić information content (AvgIpc) is 2.49. The lowest BCUT2D eigenvalue weighted by Crippen LogP contribution is -2.15. The first-order valence-electron chi connectivity index (χ1n) is 7.35. The van der Waals surface area contributed by atoms with Gasteiger partial charge in [0.05, 0.1) is 23.7 Å². The number of rotatable bonds is 4. The van der Waals surface area contributed by atoms with Crippen molar-refractivity contribution in [1.29, 1.82) is 0 Å². The number of ether oxygens (including phenoxy) is 1. The van der Waals surface area contributed by atoms with E-state index in [9.17, 15) is 9.18 Å². The van der Waals surface area contributed by atoms with Crippen molar-refractivity contribution in [3.8, 4) is 0 Å². The summed E-state index contributed by atoms with van der Waals surface area (Å²) in [4.78, 5) is 15.7. The zero-order valence-electron chi connectivity index (χ0n) is 13.2. The molecule has 1 aliphatic rings. The molecular formula is C17H20FN3O2. The third kappa shape index (κ3) is 4.95. The molecule has 0 saturated heterocycles. The van der Waals surface area contributed by atoms with Crippen LogP contribution in [0.5, 0.6) is 0 Å². The minimum Gasteiger partial charge on any atom is -0.450 e. The Hall–Kier alpha value is -2.63. The summed E-state index contributed by atoms with van der Waals surface area (Å²) in [6.07, 6.45) is 6.45. The lowest BCUT2D eigenvalue weighted by Gasteiger charge is -2.17. The van der Waals surface area contributed by atoms with E-state index in [1.807, 2.05) is 0 Å². The second-order valence-electron chi connectivity index (χ2n) is 5.39. The molecule has 23 heavy (non-hydrogen) atoms. The van der Waals surface area contributed by atoms with Gasteiger partial charge in [-0.1, -0.05) is 12.2 Å². The third-order valence-electron chi connectivity index (χ3n) is 3.27. The van der Waals surface area contributed by atoms with Gasteiger partial charge in [0.2, 0.25) is 0 Å². The van der Waals surface area contributed by atoms with E-state index in [1.54, 1.807) is 43.5 Å². The molecule has 0 aliphatic heterocycles. The monoisotopic (exact) mass is 317 g/mol. The molecule has 1 atom stereocenters. The van der Waals surface area contributed by atoms with Crippen LogP contribution in [0.3, 0.4) is 0 Å². The second-order valence-corrected chi connectivity index (χ2v) is 5.39. The Balaban J connectivity index is 2.03. The minimum atomic E-state index is -1.29. The van der Waals surface area contributed by atoms with Crippen LogP contribution in [0, 0.1) is 0 Å². The fourth-order valence-corrected chi connectivity index (χ4v) is 1.99. The van der Waals surface area contributed by atoms with E-state index in [0.29, 0.717) is 23.5 Å². The number of allylic oxidation sites excluding steroid dienone is 4. The highest BCUT2D eigenvalue weighted by molar-refractivity contribution is 5.90. The first kappa shape index (κ1) is 16.7. The molecule has 0 aromatic heterocycles. The molecule has 0 bridgehead atoms. The quantitative estimate of drug-likeness (QED) is 0.647. The zero-order valence-corrected chi connectivity index (χ0v) is 13.2. The van der Waals surface area contributed by atoms with Gasteiger partial charge in [0.15, 0.2) is 0 Å². The van der Waals surface area contributed by atoms with Crippen LogP contribution in [0.4, 0.5) is 26.2 Å². The van der Waals surface area contributed by atoms with Crippen LogP contribution in [0.1, 0.15) is 20.3 Å². The molecule has 0 spiro atoms. The van der Waals surface area contributed by atoms with Crippen molar-refractivity contribution in [2.75, 3.05) is 17.7 Å². The molecule has 0 radical (unpaired) electrons. The van der Waals surface area contributed by atoms with Crippen LogP contribution < -0.4 is 11.1 Å². The Bertz CT molecular complexity index is 678. The van der Waals surface area contributed by atoms with Gasteiger partial charge in [-0.3, -0.25) is 10.3 Å². The van der Waals surface area contributed by atoms with Gasteiger partial charge in [0, 0.05) is 12.6 Å². The van der Waals surface area contributed by atoms with Crippen molar-refractivity contribution in [1.82, 2.24) is 0 Å². The van der Waals surface area contributed by atoms with Crippen LogP contribution in [0.25, 0.3) is 0 Å². The summed E-state index contributed by atoms with van der Waals surface area (Å²) < 4.78 is 18.4. The summed E-state index contributed by atoms with van der Waals surface area (Å²) in [5.74, 6) is 0. The number of hydrogen-bond acceptors (Lipinski definition) is 4. The summed E-state index contributed by atoms with van der Waals surface area (Å²) in [5, 5.41) is 2.55. The molecule has 122 valence electrons. The van der Waals surface area contributed by atoms with Gasteiger partial charge in [-0.05, 0) is 43.7 Å². The number of nitrogens with one attached hydrogen (secondary N) is 1. The summed E-state index contributed by atoms with van der Waals surface area (Å²) >= 11 is 0. The summed E-state index contributed by atoms with van der Waals surface area (Å²) in [6, 6.07) is 5.02. The highest BCUT2D eigenvalue weighted by Crippen LogP contribution is 2.26. The van der Waals surface area contributed by atoms with Crippen molar-refractivity contribution >= 4 is 29.4 Å². The van der Waals surface area contributed by atoms with E-state index in [1.165, 1.54) is 13.0 Å². The number of carbonyl (C=O) groups is 1. The Morgan fingerprint density at radius 3 is 2.96 bits per heavy atom. The van der Waals surface area contributed by atoms with E-state index in [0.717, 1.165) is 5.57 Å². The number of carbonyl (C=O) groups excluding carboxylic acids is 1. The van der Waals surface area contributed by atoms with Crippen LogP contribution in [-0.4, -0.2) is 24.6 Å². The van der Waals surface area contributed by atoms with Gasteiger partial charge >= 0.3 is 6.09 Å². The first-order chi connectivity index (χ1) is 10.9. The number of nitrogens with two attached hydrogens (primary N) is 1. The number of benzene rings is 1. The SMILES string of the molecule is CCOC(=O)Nc1ccc(N=CC2=CCC(C)(F)C=C2)cc1N. The molecule has 0 saturated carbocycles. The lowest BCUT2D eigenvalue weighted by molar-refractivity contribution is 0.168. The topological polar surface area (TPSA) is 76.7 Å². The maximum Gasteiger partial charge on any atom is 0.411 e. The molecule has 0 fully saturated rings. The van der Waals surface area contributed by atoms with Crippen molar-refractivity contribution in [2.24, 2.45) is 4.99 Å². The molecule has 1 aliphatic carbocycles. The number of aliphatic imine (C=N–C) groups is 1. The summed E-state index contributed by atoms with van der Waals surface area (Å²) in [5.41, 5.74) is 6.93. The molecule has 2 rings (SSSR count). The Labute approximate surface area is 134 Å². The first-order valence-corrected chi connectivity index (χ1v) is 7.35. The fraction of sp³-hybridized carbons (Fsp3) is 0.294. The number of hydrogen-bond donors (Lipinski definition) is 2. The summed E-state index contributed by atoms with van der Waals surface area (Å²) in [7, 11) is 0. The van der Waals surface area contributed by atoms with E-state index in [-0.39, 0.29) is 6.61 Å². The van der Waals surface area contributed by atoms with Crippen molar-refractivity contribution in [3.05, 3.63) is 42.0 Å². The Kier molecular flexibility index (Phi) is 5.16. The van der Waals surface area contributed by atoms with Crippen molar-refractivity contribution in [2.45, 2.75) is 25.9 Å². The number of anilines is 2. The van der Waals surface area contributed by atoms with Gasteiger partial charge < -0.3 is 10.5 Å². The van der Waals surface area contributed by atoms with Gasteiger partial charge in [0.1, 0.15) is 5.67 Å². The van der Waals surface area contributed by atoms with E-state index >= 15 is 0 Å². The molecule has 1 aromatic carbocycles. The van der Waals surface area contributed by atoms with Gasteiger partial charge in [-0.2, -0.15) is 0 Å². The largest absolute Gasteiger partial charge is 0.450 e. The minimum absolute atomic E-state index is 0.286. The number of halogens is 1. The predicted molar refractivity (Wildman–Crippen MR) is 91.0 cm³/mol. The normalized spacial score (nSPS) is 20.4. The average molecular weight is 317 g/mol. The van der Waals surface area contributed by atoms with E-state index < -0.39 is 11.8 Å². The molecule has 1 aromatic rings. The molecule has 5 nitrogen and oxygen atoms in total. The Morgan fingerprint density at radius 1 is 1.57 bits per heavy atom. The highest BCUT2D eigenvalue weighted by atomic mass is 19.1. The number of alkyl halides is 1. The van der Waals surface area contributed by atoms with Gasteiger partial charge in [0.25, 0.3) is 0 Å². The standard InChI is InChI=1S/C17H20FN3O2/c1-3-23-16(22)21-15-5-4-13(10-14(15)19)20-11-12-6-8-17(2,18)9-7-12/h4-8,10-11H,3,9,19H2,1-2H3,(H,21,22). The van der Waals surface area contributed by atoms with Crippen LogP contribution in [0.2, 0.25) is 0 Å². The maximum atomic E-state index is 13.6. The predicted octanol–water partition coefficient (Wildman–Crippen LogP) is 4.15. The maximum absolute atomic E-state index is 13.6. The van der Waals surface area contributed by atoms with Crippen LogP contribution in [0.15, 0.2) is 47.0 Å². The number of nitrogen functional groups attached to an aromatic ring is 1. The van der Waals surface area contributed by atoms with Gasteiger partial charge in [-0.25, -0.2) is 9.18 Å². The molecule has 6 heteroatoms. The Morgan fingerprint density at radius 2 is 2.35 bits per heavy atom. The van der Waals surface area contributed by atoms with Crippen LogP contribution >= 0.6 is 0 Å². The lowest BCUT2D eigenvalue weighted by atomic mass is 9.96. The second kappa shape index (κ2) is 7.09. The van der Waals surface area contributed by atoms with Crippen molar-refractivity contribution in [3.63, 3.8) is 0 Å². The smallest absolute Gasteiger partial charge is 0.411 e. The third-order valence-corrected chi connectivity index (χ3v) is 3.27. The molecule has 1 unspecified atom stereocenters. The van der Waals surface area contributed by atoms with Gasteiger partial charge in [-0.15, -0.1) is 0 Å². The fourth-order valence-electron chi connectivity index (χ4n) is 1.99. The highest BCUT2D eigenvalue weighted by Gasteiger charge is 2.20. The molecule has 1 amide bonds. The molecule has 3 N–H and O–H groups in total. The molecule has 0 heterocycles. The number of nitrogens with zero attached hydrogens (tertiary/aromatic N) is 1. The summed E-state index contributed by atoms with van der Waals surface area (Å²) in [6.45, 7) is 3.54. The van der Waals surface area contributed by atoms with Crippen LogP contribution in [-0.2, 0) is 4.74 Å².